The molecule has 0 heterocycles. The van der Waals surface area contributed by atoms with E-state index in [0.29, 0.717) is 0 Å². The minimum Gasteiger partial charge on any atom is -0.325 e. The predicted octanol–water partition coefficient (Wildman–Crippen LogP) is 4.50. The zero-order valence-electron chi connectivity index (χ0n) is 11.6. The molecule has 21 heavy (non-hydrogen) atoms. The number of carbonyl (C=O) groups excluding carboxylic acids is 1. The molecule has 0 saturated carbocycles. The van der Waals surface area contributed by atoms with Crippen molar-refractivity contribution in [3.8, 4) is 0 Å². The second-order valence-corrected chi connectivity index (χ2v) is 6.54. The summed E-state index contributed by atoms with van der Waals surface area (Å²) in [5.74, 6) is -0.0563. The van der Waals surface area contributed by atoms with E-state index in [4.69, 9.17) is 0 Å². The molecule has 3 nitrogen and oxygen atoms in total. The summed E-state index contributed by atoms with van der Waals surface area (Å²) in [5, 5.41) is 6.07. The molecule has 1 atom stereocenters. The fraction of sp³-hybridized carbons (Fsp3) is 0.188. The van der Waals surface area contributed by atoms with E-state index in [1.54, 1.807) is 0 Å². The quantitative estimate of drug-likeness (QED) is 0.760. The summed E-state index contributed by atoms with van der Waals surface area (Å²) < 4.78 is 2.02. The predicted molar refractivity (Wildman–Crippen MR) is 93.3 cm³/mol. The third-order valence-corrected chi connectivity index (χ3v) is 4.07. The van der Waals surface area contributed by atoms with Gasteiger partial charge in [0.05, 0.1) is 6.54 Å². The van der Waals surface area contributed by atoms with Crippen LogP contribution in [0.3, 0.4) is 0 Å². The van der Waals surface area contributed by atoms with Crippen LogP contribution in [0.1, 0.15) is 18.5 Å². The van der Waals surface area contributed by atoms with Crippen LogP contribution >= 0.6 is 31.9 Å². The van der Waals surface area contributed by atoms with Crippen LogP contribution in [0.4, 0.5) is 5.69 Å². The lowest BCUT2D eigenvalue weighted by Gasteiger charge is -2.14. The highest BCUT2D eigenvalue weighted by Crippen LogP contribution is 2.18. The summed E-state index contributed by atoms with van der Waals surface area (Å²) in [7, 11) is 0. The van der Waals surface area contributed by atoms with Gasteiger partial charge in [0.2, 0.25) is 5.91 Å². The maximum atomic E-state index is 11.9. The summed E-state index contributed by atoms with van der Waals surface area (Å²) in [6.07, 6.45) is 0. The van der Waals surface area contributed by atoms with Crippen molar-refractivity contribution in [3.05, 3.63) is 63.0 Å². The van der Waals surface area contributed by atoms with Crippen LogP contribution in [0.5, 0.6) is 0 Å². The molecule has 0 radical (unpaired) electrons. The first-order valence-corrected chi connectivity index (χ1v) is 8.17. The van der Waals surface area contributed by atoms with E-state index in [1.165, 1.54) is 0 Å². The molecule has 0 unspecified atom stereocenters. The third kappa shape index (κ3) is 5.26. The van der Waals surface area contributed by atoms with Crippen molar-refractivity contribution in [2.45, 2.75) is 13.0 Å². The smallest absolute Gasteiger partial charge is 0.238 e. The van der Waals surface area contributed by atoms with Crippen LogP contribution in [0.2, 0.25) is 0 Å². The molecule has 1 amide bonds. The van der Waals surface area contributed by atoms with Gasteiger partial charge in [-0.25, -0.2) is 0 Å². The van der Waals surface area contributed by atoms with Crippen molar-refractivity contribution >= 4 is 43.5 Å². The van der Waals surface area contributed by atoms with Gasteiger partial charge >= 0.3 is 0 Å². The molecule has 0 spiro atoms. The fourth-order valence-electron chi connectivity index (χ4n) is 1.88. The maximum Gasteiger partial charge on any atom is 0.238 e. The highest BCUT2D eigenvalue weighted by molar-refractivity contribution is 9.10. The number of anilines is 1. The molecule has 0 aliphatic heterocycles. The van der Waals surface area contributed by atoms with Crippen molar-refractivity contribution < 1.29 is 4.79 Å². The average Bonchev–Trinajstić information content (AvgIpc) is 2.47. The van der Waals surface area contributed by atoms with E-state index in [9.17, 15) is 4.79 Å². The molecule has 0 bridgehead atoms. The van der Waals surface area contributed by atoms with Gasteiger partial charge in [0.15, 0.2) is 0 Å². The molecule has 0 aliphatic rings. The van der Waals surface area contributed by atoms with Crippen LogP contribution in [0.15, 0.2) is 57.5 Å². The van der Waals surface area contributed by atoms with Gasteiger partial charge in [0.25, 0.3) is 0 Å². The second-order valence-electron chi connectivity index (χ2n) is 4.71. The fourth-order valence-corrected chi connectivity index (χ4v) is 2.56. The highest BCUT2D eigenvalue weighted by Gasteiger charge is 2.08. The zero-order valence-corrected chi connectivity index (χ0v) is 14.7. The lowest BCUT2D eigenvalue weighted by molar-refractivity contribution is -0.115. The molecule has 0 aromatic heterocycles. The average molecular weight is 412 g/mol. The summed E-state index contributed by atoms with van der Waals surface area (Å²) in [4.78, 5) is 11.9. The van der Waals surface area contributed by atoms with E-state index in [0.717, 1.165) is 20.2 Å². The molecule has 0 aliphatic carbocycles. The first kappa shape index (κ1) is 16.2. The Morgan fingerprint density at radius 3 is 2.48 bits per heavy atom. The Kier molecular flexibility index (Phi) is 5.96. The van der Waals surface area contributed by atoms with Crippen molar-refractivity contribution in [2.24, 2.45) is 0 Å². The lowest BCUT2D eigenvalue weighted by atomic mass is 10.1. The molecule has 0 fully saturated rings. The number of carbonyl (C=O) groups is 1. The zero-order chi connectivity index (χ0) is 15.2. The van der Waals surface area contributed by atoms with E-state index < -0.39 is 0 Å². The van der Waals surface area contributed by atoms with Gasteiger partial charge in [0, 0.05) is 20.7 Å². The van der Waals surface area contributed by atoms with Crippen molar-refractivity contribution in [2.75, 3.05) is 11.9 Å². The minimum absolute atomic E-state index is 0.0563. The summed E-state index contributed by atoms with van der Waals surface area (Å²) in [5.41, 5.74) is 1.93. The summed E-state index contributed by atoms with van der Waals surface area (Å²) in [6.45, 7) is 2.30. The Hall–Kier alpha value is -1.17. The Balaban J connectivity index is 1.84. The topological polar surface area (TPSA) is 41.1 Å². The largest absolute Gasteiger partial charge is 0.325 e. The molecular weight excluding hydrogens is 396 g/mol. The van der Waals surface area contributed by atoms with Gasteiger partial charge in [-0.1, -0.05) is 44.0 Å². The standard InChI is InChI=1S/C16H16Br2N2O/c1-11(12-3-2-4-14(18)9-12)19-10-16(21)20-15-7-5-13(17)6-8-15/h2-9,11,19H,10H2,1H3,(H,20,21)/t11-/m1/s1. The first-order chi connectivity index (χ1) is 10.0. The van der Waals surface area contributed by atoms with Gasteiger partial charge in [-0.2, -0.15) is 0 Å². The van der Waals surface area contributed by atoms with Crippen molar-refractivity contribution in [1.29, 1.82) is 0 Å². The third-order valence-electron chi connectivity index (χ3n) is 3.05. The van der Waals surface area contributed by atoms with Crippen molar-refractivity contribution in [3.63, 3.8) is 0 Å². The monoisotopic (exact) mass is 410 g/mol. The maximum absolute atomic E-state index is 11.9. The molecule has 0 saturated heterocycles. The van der Waals surface area contributed by atoms with Crippen LogP contribution < -0.4 is 10.6 Å². The van der Waals surface area contributed by atoms with E-state index >= 15 is 0 Å². The normalized spacial score (nSPS) is 12.0. The van der Waals surface area contributed by atoms with E-state index in [-0.39, 0.29) is 18.5 Å². The number of hydrogen-bond acceptors (Lipinski definition) is 2. The van der Waals surface area contributed by atoms with Crippen molar-refractivity contribution in [1.82, 2.24) is 5.32 Å². The number of rotatable bonds is 5. The Morgan fingerprint density at radius 2 is 1.81 bits per heavy atom. The molecule has 2 rings (SSSR count). The van der Waals surface area contributed by atoms with Gasteiger partial charge in [-0.15, -0.1) is 0 Å². The molecule has 2 N–H and O–H groups in total. The highest BCUT2D eigenvalue weighted by atomic mass is 79.9. The van der Waals surface area contributed by atoms with Crippen LogP contribution in [-0.4, -0.2) is 12.5 Å². The first-order valence-electron chi connectivity index (χ1n) is 6.59. The number of nitrogens with one attached hydrogen (secondary N) is 2. The summed E-state index contributed by atoms with van der Waals surface area (Å²) >= 11 is 6.81. The number of amides is 1. The molecule has 5 heteroatoms. The molecule has 110 valence electrons. The number of benzene rings is 2. The number of hydrogen-bond donors (Lipinski definition) is 2. The Bertz CT molecular complexity index is 614. The Labute approximate surface area is 141 Å². The van der Waals surface area contributed by atoms with Crippen LogP contribution in [0, 0.1) is 0 Å². The van der Waals surface area contributed by atoms with Crippen LogP contribution in [0.25, 0.3) is 0 Å². The lowest BCUT2D eigenvalue weighted by Crippen LogP contribution is -2.30. The molecular formula is C16H16Br2N2O. The SMILES string of the molecule is C[C@@H](NCC(=O)Nc1ccc(Br)cc1)c1cccc(Br)c1. The van der Waals surface area contributed by atoms with Gasteiger partial charge < -0.3 is 10.6 Å². The Morgan fingerprint density at radius 1 is 1.10 bits per heavy atom. The van der Waals surface area contributed by atoms with Gasteiger partial charge in [-0.3, -0.25) is 4.79 Å². The van der Waals surface area contributed by atoms with Gasteiger partial charge in [-0.05, 0) is 48.9 Å². The molecule has 2 aromatic rings. The van der Waals surface area contributed by atoms with Crippen LogP contribution in [-0.2, 0) is 4.79 Å². The minimum atomic E-state index is -0.0563. The molecule has 2 aromatic carbocycles. The summed E-state index contributed by atoms with van der Waals surface area (Å²) in [6, 6.07) is 15.7. The van der Waals surface area contributed by atoms with Gasteiger partial charge in [0.1, 0.15) is 0 Å². The number of halogens is 2. The second kappa shape index (κ2) is 7.73. The van der Waals surface area contributed by atoms with E-state index in [1.807, 2.05) is 55.5 Å². The van der Waals surface area contributed by atoms with E-state index in [2.05, 4.69) is 42.5 Å².